The fourth-order valence-corrected chi connectivity index (χ4v) is 0.955. The van der Waals surface area contributed by atoms with E-state index in [0.29, 0.717) is 6.61 Å². The van der Waals surface area contributed by atoms with Crippen molar-refractivity contribution in [2.24, 2.45) is 0 Å². The van der Waals surface area contributed by atoms with Crippen LogP contribution in [0.1, 0.15) is 32.6 Å². The van der Waals surface area contributed by atoms with Crippen LogP contribution in [0.5, 0.6) is 0 Å². The topological polar surface area (TPSA) is 56.0 Å². The summed E-state index contributed by atoms with van der Waals surface area (Å²) in [6, 6.07) is 2.08. The van der Waals surface area contributed by atoms with Gasteiger partial charge in [0.25, 0.3) is 0 Å². The summed E-state index contributed by atoms with van der Waals surface area (Å²) in [5, 5.41) is 20.0. The molecule has 0 fully saturated rings. The molecule has 0 aromatic rings. The van der Waals surface area contributed by atoms with Gasteiger partial charge in [0.15, 0.2) is 0 Å². The smallest absolute Gasteiger partial charge is 0.0924 e. The first-order valence-corrected chi connectivity index (χ1v) is 4.55. The molecule has 3 heteroatoms. The molecule has 0 aliphatic rings. The molecular weight excluding hydrogens is 152 g/mol. The number of nitrogens with one attached hydrogen (secondary N) is 1. The van der Waals surface area contributed by atoms with Crippen LogP contribution < -0.4 is 5.32 Å². The zero-order valence-corrected chi connectivity index (χ0v) is 7.71. The number of hydrogen-bond acceptors (Lipinski definition) is 3. The third kappa shape index (κ3) is 7.52. The molecule has 0 rings (SSSR count). The molecule has 3 nitrogen and oxygen atoms in total. The molecule has 0 saturated heterocycles. The lowest BCUT2D eigenvalue weighted by Gasteiger charge is -2.04. The van der Waals surface area contributed by atoms with Gasteiger partial charge in [-0.25, -0.2) is 0 Å². The van der Waals surface area contributed by atoms with E-state index >= 15 is 0 Å². The fourth-order valence-electron chi connectivity index (χ4n) is 0.955. The van der Waals surface area contributed by atoms with E-state index < -0.39 is 0 Å². The molecule has 1 atom stereocenters. The Hall–Kier alpha value is -0.590. The molecule has 1 unspecified atom stereocenters. The Morgan fingerprint density at radius 1 is 1.33 bits per heavy atom. The van der Waals surface area contributed by atoms with Crippen molar-refractivity contribution in [1.29, 1.82) is 5.26 Å². The van der Waals surface area contributed by atoms with E-state index in [1.54, 1.807) is 0 Å². The van der Waals surface area contributed by atoms with E-state index in [0.717, 1.165) is 32.2 Å². The van der Waals surface area contributed by atoms with Crippen molar-refractivity contribution < 1.29 is 5.11 Å². The lowest BCUT2D eigenvalue weighted by atomic mass is 10.2. The highest BCUT2D eigenvalue weighted by Crippen LogP contribution is 1.97. The average molecular weight is 170 g/mol. The van der Waals surface area contributed by atoms with Gasteiger partial charge in [-0.05, 0) is 26.3 Å². The minimum absolute atomic E-state index is 0.0390. The zero-order chi connectivity index (χ0) is 9.23. The number of nitrogens with zero attached hydrogens (tertiary/aromatic N) is 1. The number of hydrogen-bond donors (Lipinski definition) is 2. The van der Waals surface area contributed by atoms with Crippen LogP contribution in [0.15, 0.2) is 0 Å². The molecule has 70 valence electrons. The molecule has 0 aromatic carbocycles. The molecule has 0 radical (unpaired) electrons. The number of aliphatic hydroxyl groups is 1. The van der Waals surface area contributed by atoms with Crippen molar-refractivity contribution in [2.75, 3.05) is 13.2 Å². The maximum atomic E-state index is 8.49. The second-order valence-corrected chi connectivity index (χ2v) is 2.94. The quantitative estimate of drug-likeness (QED) is 0.561. The van der Waals surface area contributed by atoms with Gasteiger partial charge in [-0.15, -0.1) is 0 Å². The summed E-state index contributed by atoms with van der Waals surface area (Å²) in [6.07, 6.45) is 4.20. The summed E-state index contributed by atoms with van der Waals surface area (Å²) in [7, 11) is 0. The monoisotopic (exact) mass is 170 g/mol. The Morgan fingerprint density at radius 3 is 2.58 bits per heavy atom. The van der Waals surface area contributed by atoms with Gasteiger partial charge < -0.3 is 10.4 Å². The maximum absolute atomic E-state index is 8.49. The predicted octanol–water partition coefficient (Wildman–Crippen LogP) is 1.04. The Kier molecular flexibility index (Phi) is 8.09. The van der Waals surface area contributed by atoms with Gasteiger partial charge in [0.2, 0.25) is 0 Å². The summed E-state index contributed by atoms with van der Waals surface area (Å²) < 4.78 is 0. The zero-order valence-electron chi connectivity index (χ0n) is 7.71. The molecule has 0 aliphatic heterocycles. The lowest BCUT2D eigenvalue weighted by Crippen LogP contribution is -2.25. The lowest BCUT2D eigenvalue weighted by molar-refractivity contribution is 0.282. The summed E-state index contributed by atoms with van der Waals surface area (Å²) in [5.41, 5.74) is 0. The minimum Gasteiger partial charge on any atom is -0.396 e. The van der Waals surface area contributed by atoms with E-state index in [1.807, 2.05) is 6.92 Å². The van der Waals surface area contributed by atoms with Gasteiger partial charge in [0, 0.05) is 6.61 Å². The highest BCUT2D eigenvalue weighted by Gasteiger charge is 1.95. The Balaban J connectivity index is 2.96. The Labute approximate surface area is 74.4 Å². The Bertz CT molecular complexity index is 131. The molecule has 12 heavy (non-hydrogen) atoms. The molecule has 2 N–H and O–H groups in total. The van der Waals surface area contributed by atoms with Crippen LogP contribution in [-0.2, 0) is 0 Å². The first-order chi connectivity index (χ1) is 5.81. The van der Waals surface area contributed by atoms with Crippen LogP contribution in [0.3, 0.4) is 0 Å². The highest BCUT2D eigenvalue weighted by atomic mass is 16.2. The van der Waals surface area contributed by atoms with Crippen LogP contribution in [0, 0.1) is 11.3 Å². The number of rotatable bonds is 7. The van der Waals surface area contributed by atoms with Crippen molar-refractivity contribution >= 4 is 0 Å². The van der Waals surface area contributed by atoms with Crippen LogP contribution in [0.4, 0.5) is 0 Å². The second kappa shape index (κ2) is 8.51. The van der Waals surface area contributed by atoms with Crippen LogP contribution >= 0.6 is 0 Å². The van der Waals surface area contributed by atoms with Gasteiger partial charge in [0.1, 0.15) is 0 Å². The standard InChI is InChI=1S/C9H18N2O/c1-9(8-10)11-6-4-2-3-5-7-12/h9,11-12H,2-7H2,1H3. The van der Waals surface area contributed by atoms with Gasteiger partial charge in [-0.3, -0.25) is 0 Å². The summed E-state index contributed by atoms with van der Waals surface area (Å²) >= 11 is 0. The summed E-state index contributed by atoms with van der Waals surface area (Å²) in [4.78, 5) is 0. The molecule has 0 aromatic heterocycles. The van der Waals surface area contributed by atoms with E-state index in [9.17, 15) is 0 Å². The maximum Gasteiger partial charge on any atom is 0.0924 e. The van der Waals surface area contributed by atoms with Crippen molar-refractivity contribution in [3.8, 4) is 6.07 Å². The van der Waals surface area contributed by atoms with Crippen LogP contribution in [0.2, 0.25) is 0 Å². The third-order valence-electron chi connectivity index (χ3n) is 1.73. The Morgan fingerprint density at radius 2 is 2.00 bits per heavy atom. The summed E-state index contributed by atoms with van der Waals surface area (Å²) in [5.74, 6) is 0. The second-order valence-electron chi connectivity index (χ2n) is 2.94. The first kappa shape index (κ1) is 11.4. The third-order valence-corrected chi connectivity index (χ3v) is 1.73. The molecule has 0 spiro atoms. The SMILES string of the molecule is CC(C#N)NCCCCCCO. The summed E-state index contributed by atoms with van der Waals surface area (Å²) in [6.45, 7) is 3.05. The number of aliphatic hydroxyl groups excluding tert-OH is 1. The normalized spacial score (nSPS) is 12.4. The molecule has 0 saturated carbocycles. The van der Waals surface area contributed by atoms with Gasteiger partial charge in [-0.1, -0.05) is 12.8 Å². The van der Waals surface area contributed by atoms with Gasteiger partial charge in [-0.2, -0.15) is 5.26 Å². The highest BCUT2D eigenvalue weighted by molar-refractivity contribution is 4.84. The first-order valence-electron chi connectivity index (χ1n) is 4.55. The van der Waals surface area contributed by atoms with Crippen molar-refractivity contribution in [2.45, 2.75) is 38.6 Å². The van der Waals surface area contributed by atoms with E-state index in [2.05, 4.69) is 11.4 Å². The van der Waals surface area contributed by atoms with Crippen molar-refractivity contribution in [1.82, 2.24) is 5.32 Å². The number of nitriles is 1. The van der Waals surface area contributed by atoms with Crippen LogP contribution in [0.25, 0.3) is 0 Å². The van der Waals surface area contributed by atoms with E-state index in [1.165, 1.54) is 0 Å². The van der Waals surface area contributed by atoms with E-state index in [-0.39, 0.29) is 6.04 Å². The molecule has 0 aliphatic carbocycles. The van der Waals surface area contributed by atoms with Crippen molar-refractivity contribution in [3.05, 3.63) is 0 Å². The van der Waals surface area contributed by atoms with Gasteiger partial charge >= 0.3 is 0 Å². The number of unbranched alkanes of at least 4 members (excludes halogenated alkanes) is 3. The van der Waals surface area contributed by atoms with E-state index in [4.69, 9.17) is 10.4 Å². The average Bonchev–Trinajstić information content (AvgIpc) is 2.10. The fraction of sp³-hybridized carbons (Fsp3) is 0.889. The molecule has 0 bridgehead atoms. The van der Waals surface area contributed by atoms with Gasteiger partial charge in [0.05, 0.1) is 12.1 Å². The van der Waals surface area contributed by atoms with Crippen LogP contribution in [-0.4, -0.2) is 24.3 Å². The predicted molar refractivity (Wildman–Crippen MR) is 48.6 cm³/mol. The minimum atomic E-state index is -0.0390. The molecular formula is C9H18N2O. The van der Waals surface area contributed by atoms with Crippen molar-refractivity contribution in [3.63, 3.8) is 0 Å². The molecule has 0 amide bonds. The largest absolute Gasteiger partial charge is 0.396 e. The molecule has 0 heterocycles.